The Morgan fingerprint density at radius 1 is 1.09 bits per heavy atom. The van der Waals surface area contributed by atoms with Crippen LogP contribution in [-0.4, -0.2) is 45.3 Å². The van der Waals surface area contributed by atoms with Crippen LogP contribution in [0.3, 0.4) is 0 Å². The second-order valence-corrected chi connectivity index (χ2v) is 8.57. The molecule has 4 aromatic rings. The summed E-state index contributed by atoms with van der Waals surface area (Å²) in [5, 5.41) is 5.47. The molecule has 32 heavy (non-hydrogen) atoms. The number of hydrogen-bond donors (Lipinski definition) is 1. The Balaban J connectivity index is 1.37. The van der Waals surface area contributed by atoms with E-state index in [4.69, 9.17) is 5.73 Å². The minimum Gasteiger partial charge on any atom is -0.364 e. The van der Waals surface area contributed by atoms with Crippen LogP contribution in [0.15, 0.2) is 66.9 Å². The lowest BCUT2D eigenvalue weighted by Crippen LogP contribution is -2.23. The third-order valence-electron chi connectivity index (χ3n) is 6.23. The molecule has 5 rings (SSSR count). The number of aryl methyl sites for hydroxylation is 1. The number of fused-ring (bicyclic) bond motifs is 1. The number of nitrogens with zero attached hydrogens (tertiary/aromatic N) is 4. The van der Waals surface area contributed by atoms with Crippen LogP contribution in [0.4, 0.5) is 0 Å². The maximum Gasteiger partial charge on any atom is 0.269 e. The molecule has 0 spiro atoms. The Hall–Kier alpha value is -3.64. The van der Waals surface area contributed by atoms with Crippen LogP contribution in [0.5, 0.6) is 0 Å². The molecular weight excluding hydrogens is 398 g/mol. The summed E-state index contributed by atoms with van der Waals surface area (Å²) in [6.07, 6.45) is 5.56. The van der Waals surface area contributed by atoms with Crippen molar-refractivity contribution in [2.45, 2.75) is 19.9 Å². The van der Waals surface area contributed by atoms with Crippen LogP contribution >= 0.6 is 0 Å². The molecule has 2 aromatic heterocycles. The van der Waals surface area contributed by atoms with Gasteiger partial charge in [0, 0.05) is 42.4 Å². The van der Waals surface area contributed by atoms with Crippen LogP contribution in [-0.2, 0) is 6.54 Å². The number of benzene rings is 2. The van der Waals surface area contributed by atoms with Crippen molar-refractivity contribution in [3.63, 3.8) is 0 Å². The highest BCUT2D eigenvalue weighted by atomic mass is 16.1. The molecule has 1 aliphatic rings. The van der Waals surface area contributed by atoms with Crippen LogP contribution in [0.2, 0.25) is 0 Å². The summed E-state index contributed by atoms with van der Waals surface area (Å²) < 4.78 is 4.01. The molecule has 3 heterocycles. The number of primary amides is 1. The number of amides is 1. The maximum atomic E-state index is 11.4. The molecule has 0 aliphatic carbocycles. The topological polar surface area (TPSA) is 69.1 Å². The SMILES string of the molecule is Cc1cc(C(N)=O)nn1-c1ccc2c(ccn2Cc2ccc(C3=CCN(C)CC3)cc2)c1. The molecule has 162 valence electrons. The second kappa shape index (κ2) is 8.13. The van der Waals surface area contributed by atoms with Gasteiger partial charge in [0.05, 0.1) is 5.69 Å². The Labute approximate surface area is 187 Å². The van der Waals surface area contributed by atoms with Crippen molar-refractivity contribution >= 4 is 22.4 Å². The van der Waals surface area contributed by atoms with Crippen LogP contribution in [0, 0.1) is 6.92 Å². The minimum atomic E-state index is -0.516. The summed E-state index contributed by atoms with van der Waals surface area (Å²) in [4.78, 5) is 13.8. The van der Waals surface area contributed by atoms with E-state index in [1.54, 1.807) is 10.7 Å². The highest BCUT2D eigenvalue weighted by Crippen LogP contribution is 2.24. The molecule has 0 saturated heterocycles. The first kappa shape index (κ1) is 20.3. The van der Waals surface area contributed by atoms with Gasteiger partial charge in [-0.2, -0.15) is 5.10 Å². The summed E-state index contributed by atoms with van der Waals surface area (Å²) >= 11 is 0. The largest absolute Gasteiger partial charge is 0.364 e. The Morgan fingerprint density at radius 3 is 2.59 bits per heavy atom. The summed E-state index contributed by atoms with van der Waals surface area (Å²) in [7, 11) is 2.16. The van der Waals surface area contributed by atoms with Gasteiger partial charge in [-0.1, -0.05) is 30.3 Å². The first-order valence-corrected chi connectivity index (χ1v) is 10.9. The predicted molar refractivity (Wildman–Crippen MR) is 128 cm³/mol. The first-order valence-electron chi connectivity index (χ1n) is 10.9. The lowest BCUT2D eigenvalue weighted by atomic mass is 9.98. The Kier molecular flexibility index (Phi) is 5.15. The highest BCUT2D eigenvalue weighted by Gasteiger charge is 2.12. The summed E-state index contributed by atoms with van der Waals surface area (Å²) in [5.74, 6) is -0.516. The molecular formula is C26H27N5O. The van der Waals surface area contributed by atoms with Crippen molar-refractivity contribution in [3.05, 3.63) is 89.4 Å². The van der Waals surface area contributed by atoms with E-state index in [1.807, 2.05) is 13.0 Å². The zero-order chi connectivity index (χ0) is 22.2. The van der Waals surface area contributed by atoms with Gasteiger partial charge in [0.1, 0.15) is 0 Å². The van der Waals surface area contributed by atoms with Crippen LogP contribution in [0.1, 0.15) is 33.7 Å². The zero-order valence-corrected chi connectivity index (χ0v) is 18.5. The fraction of sp³-hybridized carbons (Fsp3) is 0.231. The number of rotatable bonds is 5. The molecule has 6 heteroatoms. The summed E-state index contributed by atoms with van der Waals surface area (Å²) in [5.41, 5.74) is 12.7. The minimum absolute atomic E-state index is 0.277. The van der Waals surface area contributed by atoms with Crippen LogP contribution in [0.25, 0.3) is 22.2 Å². The van der Waals surface area contributed by atoms with Crippen molar-refractivity contribution in [1.29, 1.82) is 0 Å². The van der Waals surface area contributed by atoms with E-state index in [1.165, 1.54) is 16.7 Å². The quantitative estimate of drug-likeness (QED) is 0.525. The first-order chi connectivity index (χ1) is 15.5. The Morgan fingerprint density at radius 2 is 1.91 bits per heavy atom. The Bertz CT molecular complexity index is 1330. The molecule has 0 unspecified atom stereocenters. The van der Waals surface area contributed by atoms with E-state index >= 15 is 0 Å². The van der Waals surface area contributed by atoms with Crippen LogP contribution < -0.4 is 5.73 Å². The van der Waals surface area contributed by atoms with E-state index < -0.39 is 5.91 Å². The fourth-order valence-electron chi connectivity index (χ4n) is 4.37. The predicted octanol–water partition coefficient (Wildman–Crippen LogP) is 4.00. The van der Waals surface area contributed by atoms with Gasteiger partial charge in [-0.15, -0.1) is 0 Å². The van der Waals surface area contributed by atoms with Crippen molar-refractivity contribution in [1.82, 2.24) is 19.2 Å². The van der Waals surface area contributed by atoms with Gasteiger partial charge < -0.3 is 15.2 Å². The molecule has 0 bridgehead atoms. The average Bonchev–Trinajstić information content (AvgIpc) is 3.38. The highest BCUT2D eigenvalue weighted by molar-refractivity contribution is 5.91. The third kappa shape index (κ3) is 3.85. The fourth-order valence-corrected chi connectivity index (χ4v) is 4.37. The van der Waals surface area contributed by atoms with E-state index in [9.17, 15) is 4.79 Å². The number of carbonyl (C=O) groups is 1. The third-order valence-corrected chi connectivity index (χ3v) is 6.23. The van der Waals surface area contributed by atoms with Gasteiger partial charge in [0.15, 0.2) is 5.69 Å². The van der Waals surface area contributed by atoms with E-state index in [0.717, 1.165) is 48.3 Å². The standard InChI is InChI=1S/C26H27N5O/c1-18-15-24(26(27)32)28-31(18)23-7-8-25-22(16-23)11-14-30(25)17-19-3-5-20(6-4-19)21-9-12-29(2)13-10-21/h3-9,11,14-16H,10,12-13,17H2,1-2H3,(H2,27,32). The number of aromatic nitrogens is 3. The van der Waals surface area contributed by atoms with Crippen molar-refractivity contribution in [2.24, 2.45) is 5.73 Å². The molecule has 6 nitrogen and oxygen atoms in total. The van der Waals surface area contributed by atoms with Gasteiger partial charge in [0.25, 0.3) is 5.91 Å². The van der Waals surface area contributed by atoms with Gasteiger partial charge >= 0.3 is 0 Å². The smallest absolute Gasteiger partial charge is 0.269 e. The van der Waals surface area contributed by atoms with Gasteiger partial charge in [-0.05, 0) is 67.4 Å². The molecule has 1 amide bonds. The molecule has 2 N–H and O–H groups in total. The molecule has 1 aliphatic heterocycles. The van der Waals surface area contributed by atoms with Gasteiger partial charge in [-0.3, -0.25) is 4.79 Å². The second-order valence-electron chi connectivity index (χ2n) is 8.57. The number of nitrogens with two attached hydrogens (primary N) is 1. The molecule has 2 aromatic carbocycles. The summed E-state index contributed by atoms with van der Waals surface area (Å²) in [6.45, 7) is 4.88. The number of carbonyl (C=O) groups excluding carboxylic acids is 1. The lowest BCUT2D eigenvalue weighted by Gasteiger charge is -2.22. The van der Waals surface area contributed by atoms with Gasteiger partial charge in [-0.25, -0.2) is 4.68 Å². The number of likely N-dealkylation sites (N-methyl/N-ethyl adjacent to an activating group) is 1. The molecule has 0 saturated carbocycles. The monoisotopic (exact) mass is 425 g/mol. The molecule has 0 fully saturated rings. The average molecular weight is 426 g/mol. The zero-order valence-electron chi connectivity index (χ0n) is 18.5. The molecule has 0 atom stereocenters. The van der Waals surface area contributed by atoms with E-state index in [2.05, 4.69) is 76.4 Å². The lowest BCUT2D eigenvalue weighted by molar-refractivity contribution is 0.0995. The molecule has 0 radical (unpaired) electrons. The maximum absolute atomic E-state index is 11.4. The van der Waals surface area contributed by atoms with E-state index in [0.29, 0.717) is 0 Å². The van der Waals surface area contributed by atoms with E-state index in [-0.39, 0.29) is 5.69 Å². The van der Waals surface area contributed by atoms with Crippen molar-refractivity contribution in [3.8, 4) is 5.69 Å². The number of hydrogen-bond acceptors (Lipinski definition) is 3. The summed E-state index contributed by atoms with van der Waals surface area (Å²) in [6, 6.07) is 19.0. The van der Waals surface area contributed by atoms with Crippen molar-refractivity contribution < 1.29 is 4.79 Å². The van der Waals surface area contributed by atoms with Crippen molar-refractivity contribution in [2.75, 3.05) is 20.1 Å². The normalized spacial score (nSPS) is 14.6. The van der Waals surface area contributed by atoms with Gasteiger partial charge in [0.2, 0.25) is 0 Å².